The molecule has 0 saturated heterocycles. The average Bonchev–Trinajstić information content (AvgIpc) is 2.61. The van der Waals surface area contributed by atoms with Crippen molar-refractivity contribution >= 4 is 33.9 Å². The van der Waals surface area contributed by atoms with Gasteiger partial charge in [-0.05, 0) is 26.2 Å². The number of hydrogen-bond acceptors (Lipinski definition) is 6. The maximum absolute atomic E-state index is 11.9. The molecule has 2 rings (SSSR count). The van der Waals surface area contributed by atoms with Gasteiger partial charge in [0.2, 0.25) is 0 Å². The van der Waals surface area contributed by atoms with Crippen molar-refractivity contribution in [2.45, 2.75) is 32.2 Å². The summed E-state index contributed by atoms with van der Waals surface area (Å²) in [6, 6.07) is 0.326. The standard InChI is InChI=1S/C12H17N3O3S/c1-2-18-12(17)7-8(13)9(10(14)16)19-11(7)15-6-4-3-5-6/h6,15H,2-5,13H2,1H3,(H2,14,16). The predicted octanol–water partition coefficient (Wildman–Crippen LogP) is 1.57. The van der Waals surface area contributed by atoms with E-state index in [1.807, 2.05) is 0 Å². The number of rotatable bonds is 5. The second kappa shape index (κ2) is 5.48. The number of nitrogens with two attached hydrogens (primary N) is 2. The Kier molecular flexibility index (Phi) is 3.94. The highest BCUT2D eigenvalue weighted by Crippen LogP contribution is 2.38. The first-order valence-electron chi connectivity index (χ1n) is 6.20. The van der Waals surface area contributed by atoms with Crippen molar-refractivity contribution in [2.75, 3.05) is 17.7 Å². The minimum Gasteiger partial charge on any atom is -0.462 e. The first kappa shape index (κ1) is 13.7. The Morgan fingerprint density at radius 2 is 2.16 bits per heavy atom. The van der Waals surface area contributed by atoms with Crippen molar-refractivity contribution in [2.24, 2.45) is 5.73 Å². The van der Waals surface area contributed by atoms with Gasteiger partial charge in [-0.3, -0.25) is 4.79 Å². The number of esters is 1. The Bertz CT molecular complexity index is 509. The number of thiophene rings is 1. The second-order valence-corrected chi connectivity index (χ2v) is 5.43. The van der Waals surface area contributed by atoms with E-state index in [1.165, 1.54) is 0 Å². The third-order valence-corrected chi connectivity index (χ3v) is 4.24. The SMILES string of the molecule is CCOC(=O)c1c(NC2CCC2)sc(C(N)=O)c1N. The van der Waals surface area contributed by atoms with Crippen LogP contribution in [-0.4, -0.2) is 24.5 Å². The fraction of sp³-hybridized carbons (Fsp3) is 0.500. The number of amides is 1. The summed E-state index contributed by atoms with van der Waals surface area (Å²) in [4.78, 5) is 23.4. The number of nitrogens with one attached hydrogen (secondary N) is 1. The van der Waals surface area contributed by atoms with Gasteiger partial charge in [0, 0.05) is 6.04 Å². The average molecular weight is 283 g/mol. The highest BCUT2D eigenvalue weighted by molar-refractivity contribution is 7.19. The maximum Gasteiger partial charge on any atom is 0.343 e. The van der Waals surface area contributed by atoms with Gasteiger partial charge >= 0.3 is 5.97 Å². The predicted molar refractivity (Wildman–Crippen MR) is 74.5 cm³/mol. The number of anilines is 2. The van der Waals surface area contributed by atoms with Gasteiger partial charge < -0.3 is 21.5 Å². The van der Waals surface area contributed by atoms with E-state index in [1.54, 1.807) is 6.92 Å². The Labute approximate surface area is 115 Å². The molecule has 1 aromatic heterocycles. The molecule has 0 spiro atoms. The lowest BCUT2D eigenvalue weighted by Crippen LogP contribution is -2.27. The zero-order chi connectivity index (χ0) is 14.0. The molecule has 1 aliphatic carbocycles. The largest absolute Gasteiger partial charge is 0.462 e. The van der Waals surface area contributed by atoms with Crippen LogP contribution in [-0.2, 0) is 4.74 Å². The summed E-state index contributed by atoms with van der Waals surface area (Å²) in [5.41, 5.74) is 11.4. The lowest BCUT2D eigenvalue weighted by Gasteiger charge is -2.27. The van der Waals surface area contributed by atoms with Crippen LogP contribution in [0.2, 0.25) is 0 Å². The zero-order valence-electron chi connectivity index (χ0n) is 10.7. The van der Waals surface area contributed by atoms with Gasteiger partial charge in [-0.1, -0.05) is 0 Å². The molecule has 0 aliphatic heterocycles. The number of primary amides is 1. The summed E-state index contributed by atoms with van der Waals surface area (Å²) in [5.74, 6) is -1.15. The summed E-state index contributed by atoms with van der Waals surface area (Å²) in [6.07, 6.45) is 3.26. The van der Waals surface area contributed by atoms with Gasteiger partial charge in [-0.2, -0.15) is 0 Å². The Hall–Kier alpha value is -1.76. The summed E-state index contributed by atoms with van der Waals surface area (Å²) >= 11 is 1.11. The van der Waals surface area contributed by atoms with Crippen molar-refractivity contribution in [3.05, 3.63) is 10.4 Å². The molecule has 0 unspecified atom stereocenters. The molecule has 7 heteroatoms. The number of hydrogen-bond donors (Lipinski definition) is 3. The number of carbonyl (C=O) groups excluding carboxylic acids is 2. The smallest absolute Gasteiger partial charge is 0.343 e. The minimum atomic E-state index is -0.630. The molecule has 0 atom stereocenters. The number of nitrogen functional groups attached to an aromatic ring is 1. The summed E-state index contributed by atoms with van der Waals surface area (Å²) < 4.78 is 4.97. The fourth-order valence-electron chi connectivity index (χ4n) is 1.87. The van der Waals surface area contributed by atoms with E-state index >= 15 is 0 Å². The molecule has 104 valence electrons. The molecule has 19 heavy (non-hydrogen) atoms. The lowest BCUT2D eigenvalue weighted by molar-refractivity contribution is 0.0529. The van der Waals surface area contributed by atoms with E-state index in [9.17, 15) is 9.59 Å². The first-order valence-corrected chi connectivity index (χ1v) is 7.02. The third kappa shape index (κ3) is 2.65. The molecule has 1 aromatic rings. The van der Waals surface area contributed by atoms with Gasteiger partial charge in [0.1, 0.15) is 15.4 Å². The Morgan fingerprint density at radius 3 is 2.63 bits per heavy atom. The van der Waals surface area contributed by atoms with E-state index < -0.39 is 11.9 Å². The maximum atomic E-state index is 11.9. The van der Waals surface area contributed by atoms with Gasteiger partial charge in [0.25, 0.3) is 5.91 Å². The monoisotopic (exact) mass is 283 g/mol. The summed E-state index contributed by atoms with van der Waals surface area (Å²) in [7, 11) is 0. The van der Waals surface area contributed by atoms with Crippen molar-refractivity contribution in [3.8, 4) is 0 Å². The topological polar surface area (TPSA) is 107 Å². The molecule has 1 fully saturated rings. The van der Waals surface area contributed by atoms with Crippen LogP contribution in [0.15, 0.2) is 0 Å². The molecule has 0 aromatic carbocycles. The van der Waals surface area contributed by atoms with Crippen LogP contribution in [0.4, 0.5) is 10.7 Å². The fourth-order valence-corrected chi connectivity index (χ4v) is 2.91. The van der Waals surface area contributed by atoms with Crippen LogP contribution >= 0.6 is 11.3 Å². The van der Waals surface area contributed by atoms with Crippen molar-refractivity contribution in [3.63, 3.8) is 0 Å². The van der Waals surface area contributed by atoms with Crippen LogP contribution in [0.3, 0.4) is 0 Å². The van der Waals surface area contributed by atoms with E-state index in [-0.39, 0.29) is 22.7 Å². The molecule has 1 saturated carbocycles. The highest BCUT2D eigenvalue weighted by atomic mass is 32.1. The Morgan fingerprint density at radius 1 is 1.47 bits per heavy atom. The van der Waals surface area contributed by atoms with Crippen LogP contribution in [0, 0.1) is 0 Å². The highest BCUT2D eigenvalue weighted by Gasteiger charge is 2.28. The normalized spacial score (nSPS) is 14.8. The molecular formula is C12H17N3O3S. The molecule has 1 aliphatic rings. The van der Waals surface area contributed by atoms with Crippen LogP contribution in [0.1, 0.15) is 46.2 Å². The van der Waals surface area contributed by atoms with Gasteiger partial charge in [-0.25, -0.2) is 4.79 Å². The molecule has 1 amide bonds. The van der Waals surface area contributed by atoms with Gasteiger partial charge in [0.15, 0.2) is 0 Å². The minimum absolute atomic E-state index is 0.109. The zero-order valence-corrected chi connectivity index (χ0v) is 11.5. The van der Waals surface area contributed by atoms with Gasteiger partial charge in [-0.15, -0.1) is 11.3 Å². The van der Waals surface area contributed by atoms with E-state index in [0.29, 0.717) is 11.0 Å². The summed E-state index contributed by atoms with van der Waals surface area (Å²) in [5, 5.41) is 3.81. The summed E-state index contributed by atoms with van der Waals surface area (Å²) in [6.45, 7) is 1.97. The van der Waals surface area contributed by atoms with Crippen LogP contribution < -0.4 is 16.8 Å². The van der Waals surface area contributed by atoms with Crippen LogP contribution in [0.25, 0.3) is 0 Å². The quantitative estimate of drug-likeness (QED) is 0.711. The van der Waals surface area contributed by atoms with Crippen molar-refractivity contribution in [1.29, 1.82) is 0 Å². The van der Waals surface area contributed by atoms with Crippen molar-refractivity contribution < 1.29 is 14.3 Å². The molecule has 0 radical (unpaired) electrons. The number of ether oxygens (including phenoxy) is 1. The lowest BCUT2D eigenvalue weighted by atomic mass is 9.93. The van der Waals surface area contributed by atoms with E-state index in [2.05, 4.69) is 5.32 Å². The van der Waals surface area contributed by atoms with E-state index in [0.717, 1.165) is 30.6 Å². The molecule has 1 heterocycles. The Balaban J connectivity index is 2.34. The van der Waals surface area contributed by atoms with Crippen molar-refractivity contribution in [1.82, 2.24) is 0 Å². The first-order chi connectivity index (χ1) is 9.04. The van der Waals surface area contributed by atoms with Crippen LogP contribution in [0.5, 0.6) is 0 Å². The second-order valence-electron chi connectivity index (χ2n) is 4.41. The molecular weight excluding hydrogens is 266 g/mol. The van der Waals surface area contributed by atoms with Gasteiger partial charge in [0.05, 0.1) is 12.3 Å². The molecule has 5 N–H and O–H groups in total. The third-order valence-electron chi connectivity index (χ3n) is 3.09. The molecule has 6 nitrogen and oxygen atoms in total. The van der Waals surface area contributed by atoms with E-state index in [4.69, 9.17) is 16.2 Å². The number of carbonyl (C=O) groups is 2. The molecule has 0 bridgehead atoms.